The SMILES string of the molecule is CCCCCn1nc(C(=O)NNC(=O)Nc2cccc(C)c2)c2ccccc2c1=O. The number of aromatic nitrogens is 2. The van der Waals surface area contributed by atoms with Crippen LogP contribution >= 0.6 is 0 Å². The zero-order valence-corrected chi connectivity index (χ0v) is 17.1. The molecule has 3 amide bonds. The van der Waals surface area contributed by atoms with Gasteiger partial charge in [-0.15, -0.1) is 0 Å². The number of carbonyl (C=O) groups is 2. The Balaban J connectivity index is 1.77. The summed E-state index contributed by atoms with van der Waals surface area (Å²) in [6.45, 7) is 4.42. The maximum atomic E-state index is 12.7. The molecule has 0 radical (unpaired) electrons. The van der Waals surface area contributed by atoms with E-state index in [2.05, 4.69) is 28.2 Å². The molecule has 1 aromatic heterocycles. The van der Waals surface area contributed by atoms with Crippen LogP contribution in [-0.4, -0.2) is 21.7 Å². The molecule has 8 nitrogen and oxygen atoms in total. The lowest BCUT2D eigenvalue weighted by molar-refractivity contribution is 0.0932. The molecule has 0 unspecified atom stereocenters. The van der Waals surface area contributed by atoms with Crippen LogP contribution in [-0.2, 0) is 6.54 Å². The number of nitrogens with one attached hydrogen (secondary N) is 3. The highest BCUT2D eigenvalue weighted by Gasteiger charge is 2.17. The van der Waals surface area contributed by atoms with Gasteiger partial charge in [-0.2, -0.15) is 5.10 Å². The highest BCUT2D eigenvalue weighted by molar-refractivity contribution is 6.05. The predicted octanol–water partition coefficient (Wildman–Crippen LogP) is 3.36. The van der Waals surface area contributed by atoms with Crippen LogP contribution in [0.3, 0.4) is 0 Å². The predicted molar refractivity (Wildman–Crippen MR) is 116 cm³/mol. The Labute approximate surface area is 174 Å². The number of benzene rings is 2. The van der Waals surface area contributed by atoms with Gasteiger partial charge in [0.2, 0.25) is 0 Å². The van der Waals surface area contributed by atoms with Gasteiger partial charge in [-0.1, -0.05) is 50.1 Å². The minimum atomic E-state index is -0.602. The topological polar surface area (TPSA) is 105 Å². The van der Waals surface area contributed by atoms with Gasteiger partial charge in [0.05, 0.1) is 5.39 Å². The number of hydrogen-bond donors (Lipinski definition) is 3. The number of nitrogens with zero attached hydrogens (tertiary/aromatic N) is 2. The van der Waals surface area contributed by atoms with Crippen LogP contribution in [0.4, 0.5) is 10.5 Å². The number of urea groups is 1. The van der Waals surface area contributed by atoms with Gasteiger partial charge < -0.3 is 5.32 Å². The molecule has 0 spiro atoms. The van der Waals surface area contributed by atoms with Crippen LogP contribution in [0.15, 0.2) is 53.3 Å². The van der Waals surface area contributed by atoms with Crippen molar-refractivity contribution in [3.05, 3.63) is 70.1 Å². The Kier molecular flexibility index (Phi) is 6.79. The van der Waals surface area contributed by atoms with E-state index in [9.17, 15) is 14.4 Å². The second kappa shape index (κ2) is 9.69. The van der Waals surface area contributed by atoms with Gasteiger partial charge in [-0.25, -0.2) is 14.9 Å². The summed E-state index contributed by atoms with van der Waals surface area (Å²) in [6.07, 6.45) is 2.76. The normalized spacial score (nSPS) is 10.6. The zero-order valence-electron chi connectivity index (χ0n) is 17.1. The molecule has 2 aromatic carbocycles. The van der Waals surface area contributed by atoms with Gasteiger partial charge >= 0.3 is 6.03 Å². The third-order valence-corrected chi connectivity index (χ3v) is 4.62. The Bertz CT molecular complexity index is 1120. The van der Waals surface area contributed by atoms with E-state index in [-0.39, 0.29) is 11.3 Å². The molecule has 30 heavy (non-hydrogen) atoms. The fraction of sp³-hybridized carbons (Fsp3) is 0.273. The molecular weight excluding hydrogens is 382 g/mol. The van der Waals surface area contributed by atoms with Gasteiger partial charge in [0.25, 0.3) is 11.5 Å². The number of carbonyl (C=O) groups excluding carboxylic acids is 2. The molecule has 3 N–H and O–H groups in total. The minimum Gasteiger partial charge on any atom is -0.307 e. The molecule has 0 aliphatic rings. The number of rotatable bonds is 6. The number of hydrogen-bond acceptors (Lipinski definition) is 4. The van der Waals surface area contributed by atoms with E-state index in [4.69, 9.17) is 0 Å². The van der Waals surface area contributed by atoms with Crippen molar-refractivity contribution in [1.82, 2.24) is 20.6 Å². The van der Waals surface area contributed by atoms with Crippen molar-refractivity contribution in [3.63, 3.8) is 0 Å². The van der Waals surface area contributed by atoms with Crippen LogP contribution in [0.1, 0.15) is 42.2 Å². The number of fused-ring (bicyclic) bond motifs is 1. The number of aryl methyl sites for hydroxylation is 2. The summed E-state index contributed by atoms with van der Waals surface area (Å²) in [5.74, 6) is -0.602. The van der Waals surface area contributed by atoms with Gasteiger partial charge in [-0.3, -0.25) is 15.0 Å². The third kappa shape index (κ3) is 5.02. The Morgan fingerprint density at radius 2 is 1.77 bits per heavy atom. The summed E-state index contributed by atoms with van der Waals surface area (Å²) in [7, 11) is 0. The van der Waals surface area contributed by atoms with Crippen molar-refractivity contribution in [2.45, 2.75) is 39.7 Å². The van der Waals surface area contributed by atoms with Crippen molar-refractivity contribution in [3.8, 4) is 0 Å². The Morgan fingerprint density at radius 3 is 2.50 bits per heavy atom. The maximum Gasteiger partial charge on any atom is 0.337 e. The lowest BCUT2D eigenvalue weighted by atomic mass is 10.1. The van der Waals surface area contributed by atoms with E-state index in [1.54, 1.807) is 30.3 Å². The van der Waals surface area contributed by atoms with Crippen molar-refractivity contribution < 1.29 is 9.59 Å². The number of hydrazine groups is 1. The molecule has 8 heteroatoms. The summed E-state index contributed by atoms with van der Waals surface area (Å²) in [5.41, 5.74) is 6.14. The number of unbranched alkanes of at least 4 members (excludes halogenated alkanes) is 2. The van der Waals surface area contributed by atoms with E-state index >= 15 is 0 Å². The van der Waals surface area contributed by atoms with Crippen molar-refractivity contribution in [2.75, 3.05) is 5.32 Å². The molecule has 0 saturated carbocycles. The zero-order chi connectivity index (χ0) is 21.5. The first-order valence-corrected chi connectivity index (χ1v) is 9.93. The number of amides is 3. The monoisotopic (exact) mass is 407 g/mol. The first-order chi connectivity index (χ1) is 14.5. The highest BCUT2D eigenvalue weighted by atomic mass is 16.2. The quantitative estimate of drug-likeness (QED) is 0.430. The van der Waals surface area contributed by atoms with Crippen molar-refractivity contribution in [1.29, 1.82) is 0 Å². The van der Waals surface area contributed by atoms with E-state index in [1.165, 1.54) is 4.68 Å². The van der Waals surface area contributed by atoms with E-state index in [0.717, 1.165) is 24.8 Å². The molecule has 3 aromatic rings. The first-order valence-electron chi connectivity index (χ1n) is 9.93. The number of anilines is 1. The van der Waals surface area contributed by atoms with Gasteiger partial charge in [-0.05, 0) is 37.1 Å². The van der Waals surface area contributed by atoms with Crippen molar-refractivity contribution >= 4 is 28.4 Å². The Hall–Kier alpha value is -3.68. The molecular formula is C22H25N5O3. The van der Waals surface area contributed by atoms with Crippen LogP contribution < -0.4 is 21.7 Å². The lowest BCUT2D eigenvalue weighted by Gasteiger charge is -2.12. The second-order valence-electron chi connectivity index (χ2n) is 7.03. The average molecular weight is 407 g/mol. The standard InChI is InChI=1S/C22H25N5O3/c1-3-4-7-13-27-21(29)18-12-6-5-11-17(18)19(26-27)20(28)24-25-22(30)23-16-10-8-9-15(2)14-16/h5-6,8-12,14H,3-4,7,13H2,1-2H3,(H,24,28)(H2,23,25,30). The van der Waals surface area contributed by atoms with Crippen LogP contribution in [0.2, 0.25) is 0 Å². The Morgan fingerprint density at radius 1 is 1.00 bits per heavy atom. The maximum absolute atomic E-state index is 12.7. The largest absolute Gasteiger partial charge is 0.337 e. The molecule has 3 rings (SSSR count). The molecule has 156 valence electrons. The molecule has 0 bridgehead atoms. The first kappa shape index (κ1) is 21.0. The van der Waals surface area contributed by atoms with Crippen LogP contribution in [0.25, 0.3) is 10.8 Å². The van der Waals surface area contributed by atoms with E-state index in [1.807, 2.05) is 25.1 Å². The van der Waals surface area contributed by atoms with Gasteiger partial charge in [0, 0.05) is 17.6 Å². The van der Waals surface area contributed by atoms with Gasteiger partial charge in [0.1, 0.15) is 0 Å². The average Bonchev–Trinajstić information content (AvgIpc) is 2.74. The summed E-state index contributed by atoms with van der Waals surface area (Å²) in [5, 5.41) is 7.76. The second-order valence-corrected chi connectivity index (χ2v) is 7.03. The van der Waals surface area contributed by atoms with Crippen LogP contribution in [0, 0.1) is 6.92 Å². The summed E-state index contributed by atoms with van der Waals surface area (Å²) >= 11 is 0. The molecule has 0 aliphatic heterocycles. The summed E-state index contributed by atoms with van der Waals surface area (Å²) in [6, 6.07) is 13.5. The fourth-order valence-electron chi connectivity index (χ4n) is 3.12. The molecule has 0 fully saturated rings. The van der Waals surface area contributed by atoms with E-state index < -0.39 is 11.9 Å². The lowest BCUT2D eigenvalue weighted by Crippen LogP contribution is -2.44. The minimum absolute atomic E-state index is 0.0811. The molecule has 1 heterocycles. The molecule has 0 atom stereocenters. The fourth-order valence-corrected chi connectivity index (χ4v) is 3.12. The molecule has 0 aliphatic carbocycles. The summed E-state index contributed by atoms with van der Waals surface area (Å²) in [4.78, 5) is 37.5. The third-order valence-electron chi connectivity index (χ3n) is 4.62. The van der Waals surface area contributed by atoms with E-state index in [0.29, 0.717) is 23.0 Å². The smallest absolute Gasteiger partial charge is 0.307 e. The van der Waals surface area contributed by atoms with Crippen LogP contribution in [0.5, 0.6) is 0 Å². The summed E-state index contributed by atoms with van der Waals surface area (Å²) < 4.78 is 1.32. The van der Waals surface area contributed by atoms with Gasteiger partial charge in [0.15, 0.2) is 5.69 Å². The highest BCUT2D eigenvalue weighted by Crippen LogP contribution is 2.13. The van der Waals surface area contributed by atoms with Crippen molar-refractivity contribution in [2.24, 2.45) is 0 Å². The molecule has 0 saturated heterocycles.